The zero-order valence-corrected chi connectivity index (χ0v) is 8.81. The highest BCUT2D eigenvalue weighted by molar-refractivity contribution is 5.75. The second-order valence-corrected chi connectivity index (χ2v) is 3.49. The lowest BCUT2D eigenvalue weighted by Crippen LogP contribution is -2.23. The van der Waals surface area contributed by atoms with Crippen molar-refractivity contribution in [3.63, 3.8) is 0 Å². The van der Waals surface area contributed by atoms with E-state index in [0.717, 1.165) is 5.69 Å². The van der Waals surface area contributed by atoms with Crippen LogP contribution in [0.2, 0.25) is 0 Å². The molecule has 0 spiro atoms. The van der Waals surface area contributed by atoms with Crippen molar-refractivity contribution in [2.45, 2.75) is 32.4 Å². The number of aromatic nitrogens is 1. The first-order valence-electron chi connectivity index (χ1n) is 5.03. The molecule has 4 nitrogen and oxygen atoms in total. The minimum absolute atomic E-state index is 0.0541. The van der Waals surface area contributed by atoms with Crippen LogP contribution in [0.3, 0.4) is 0 Å². The van der Waals surface area contributed by atoms with Crippen LogP contribution in [0.15, 0.2) is 24.4 Å². The first kappa shape index (κ1) is 11.7. The third-order valence-electron chi connectivity index (χ3n) is 1.98. The van der Waals surface area contributed by atoms with Crippen LogP contribution in [0.1, 0.15) is 25.5 Å². The van der Waals surface area contributed by atoms with Gasteiger partial charge in [-0.15, -0.1) is 0 Å². The van der Waals surface area contributed by atoms with E-state index in [1.54, 1.807) is 13.1 Å². The number of carbonyl (C=O) groups is 1. The summed E-state index contributed by atoms with van der Waals surface area (Å²) in [6.07, 6.45) is 2.11. The number of carbonyl (C=O) groups excluding carboxylic acids is 1. The van der Waals surface area contributed by atoms with E-state index in [-0.39, 0.29) is 5.91 Å². The number of aliphatic hydroxyl groups excluding tert-OH is 1. The van der Waals surface area contributed by atoms with E-state index >= 15 is 0 Å². The lowest BCUT2D eigenvalue weighted by atomic mass is 10.2. The molecule has 0 fully saturated rings. The first-order chi connectivity index (χ1) is 7.18. The first-order valence-corrected chi connectivity index (χ1v) is 5.03. The Hall–Kier alpha value is -1.42. The van der Waals surface area contributed by atoms with Crippen molar-refractivity contribution < 1.29 is 9.90 Å². The second kappa shape index (κ2) is 6.14. The number of rotatable bonds is 5. The Balaban J connectivity index is 2.23. The van der Waals surface area contributed by atoms with Crippen LogP contribution in [0.25, 0.3) is 0 Å². The van der Waals surface area contributed by atoms with Crippen LogP contribution in [0.4, 0.5) is 0 Å². The van der Waals surface area contributed by atoms with Crippen molar-refractivity contribution in [3.8, 4) is 0 Å². The van der Waals surface area contributed by atoms with E-state index < -0.39 is 6.10 Å². The van der Waals surface area contributed by atoms with Gasteiger partial charge < -0.3 is 10.4 Å². The lowest BCUT2D eigenvalue weighted by molar-refractivity contribution is -0.121. The molecule has 1 atom stereocenters. The van der Waals surface area contributed by atoms with Gasteiger partial charge in [-0.2, -0.15) is 0 Å². The molecular weight excluding hydrogens is 192 g/mol. The summed E-state index contributed by atoms with van der Waals surface area (Å²) >= 11 is 0. The smallest absolute Gasteiger partial charge is 0.220 e. The summed E-state index contributed by atoms with van der Waals surface area (Å²) in [5.74, 6) is -0.0541. The standard InChI is InChI=1S/C11H16N2O2/c1-9(14)5-6-11(15)13-8-10-4-2-3-7-12-10/h2-4,7,9,14H,5-6,8H2,1H3,(H,13,15). The molecule has 0 bridgehead atoms. The largest absolute Gasteiger partial charge is 0.393 e. The highest BCUT2D eigenvalue weighted by Crippen LogP contribution is 1.97. The van der Waals surface area contributed by atoms with Crippen LogP contribution in [-0.4, -0.2) is 22.1 Å². The molecule has 15 heavy (non-hydrogen) atoms. The predicted molar refractivity (Wildman–Crippen MR) is 57.0 cm³/mol. The zero-order valence-electron chi connectivity index (χ0n) is 8.81. The van der Waals surface area contributed by atoms with Gasteiger partial charge in [0.15, 0.2) is 0 Å². The van der Waals surface area contributed by atoms with Crippen LogP contribution in [0, 0.1) is 0 Å². The van der Waals surface area contributed by atoms with Crippen LogP contribution >= 0.6 is 0 Å². The number of hydrogen-bond acceptors (Lipinski definition) is 3. The van der Waals surface area contributed by atoms with Gasteiger partial charge in [-0.3, -0.25) is 9.78 Å². The molecule has 2 N–H and O–H groups in total. The van der Waals surface area contributed by atoms with E-state index in [2.05, 4.69) is 10.3 Å². The summed E-state index contributed by atoms with van der Waals surface area (Å²) in [5, 5.41) is 11.7. The number of hydrogen-bond donors (Lipinski definition) is 2. The molecule has 4 heteroatoms. The van der Waals surface area contributed by atoms with Gasteiger partial charge in [0.1, 0.15) is 0 Å². The molecule has 0 radical (unpaired) electrons. The molecular formula is C11H16N2O2. The van der Waals surface area contributed by atoms with Gasteiger partial charge in [0.25, 0.3) is 0 Å². The molecule has 0 aromatic carbocycles. The Bertz CT molecular complexity index is 299. The second-order valence-electron chi connectivity index (χ2n) is 3.49. The Morgan fingerprint density at radius 3 is 3.00 bits per heavy atom. The molecule has 0 aliphatic heterocycles. The monoisotopic (exact) mass is 208 g/mol. The van der Waals surface area contributed by atoms with Gasteiger partial charge in [-0.25, -0.2) is 0 Å². The summed E-state index contributed by atoms with van der Waals surface area (Å²) in [6, 6.07) is 5.57. The molecule has 0 aliphatic carbocycles. The molecule has 0 saturated carbocycles. The molecule has 1 heterocycles. The van der Waals surface area contributed by atoms with Crippen molar-refractivity contribution in [2.24, 2.45) is 0 Å². The third-order valence-corrected chi connectivity index (χ3v) is 1.98. The minimum Gasteiger partial charge on any atom is -0.393 e. The maximum Gasteiger partial charge on any atom is 0.220 e. The fraction of sp³-hybridized carbons (Fsp3) is 0.455. The Labute approximate surface area is 89.3 Å². The van der Waals surface area contributed by atoms with E-state index in [0.29, 0.717) is 19.4 Å². The number of amides is 1. The third kappa shape index (κ3) is 5.12. The molecule has 1 unspecified atom stereocenters. The predicted octanol–water partition coefficient (Wildman–Crippen LogP) is 0.859. The van der Waals surface area contributed by atoms with E-state index in [4.69, 9.17) is 5.11 Å². The number of aliphatic hydroxyl groups is 1. The molecule has 0 saturated heterocycles. The van der Waals surface area contributed by atoms with Gasteiger partial charge in [0.05, 0.1) is 18.3 Å². The summed E-state index contributed by atoms with van der Waals surface area (Å²) < 4.78 is 0. The van der Waals surface area contributed by atoms with Crippen molar-refractivity contribution in [1.29, 1.82) is 0 Å². The molecule has 82 valence electrons. The fourth-order valence-electron chi connectivity index (χ4n) is 1.12. The van der Waals surface area contributed by atoms with Crippen molar-refractivity contribution in [2.75, 3.05) is 0 Å². The zero-order chi connectivity index (χ0) is 11.1. The summed E-state index contributed by atoms with van der Waals surface area (Å²) in [5.41, 5.74) is 0.836. The van der Waals surface area contributed by atoms with Crippen LogP contribution < -0.4 is 5.32 Å². The number of pyridine rings is 1. The van der Waals surface area contributed by atoms with Crippen molar-refractivity contribution >= 4 is 5.91 Å². The molecule has 1 rings (SSSR count). The molecule has 1 amide bonds. The average molecular weight is 208 g/mol. The van der Waals surface area contributed by atoms with E-state index in [9.17, 15) is 4.79 Å². The van der Waals surface area contributed by atoms with E-state index in [1.165, 1.54) is 0 Å². The molecule has 1 aromatic heterocycles. The molecule has 1 aromatic rings. The Morgan fingerprint density at radius 1 is 1.60 bits per heavy atom. The van der Waals surface area contributed by atoms with Gasteiger partial charge in [0.2, 0.25) is 5.91 Å². The maximum absolute atomic E-state index is 11.3. The van der Waals surface area contributed by atoms with Crippen LogP contribution in [0.5, 0.6) is 0 Å². The summed E-state index contributed by atoms with van der Waals surface area (Å²) in [7, 11) is 0. The highest BCUT2D eigenvalue weighted by Gasteiger charge is 2.03. The topological polar surface area (TPSA) is 62.2 Å². The van der Waals surface area contributed by atoms with Gasteiger partial charge in [0, 0.05) is 12.6 Å². The van der Waals surface area contributed by atoms with E-state index in [1.807, 2.05) is 18.2 Å². The quantitative estimate of drug-likeness (QED) is 0.754. The van der Waals surface area contributed by atoms with Crippen LogP contribution in [-0.2, 0) is 11.3 Å². The number of nitrogens with zero attached hydrogens (tertiary/aromatic N) is 1. The lowest BCUT2D eigenvalue weighted by Gasteiger charge is -2.05. The average Bonchev–Trinajstić information content (AvgIpc) is 2.25. The van der Waals surface area contributed by atoms with Crippen molar-refractivity contribution in [3.05, 3.63) is 30.1 Å². The van der Waals surface area contributed by atoms with Gasteiger partial charge >= 0.3 is 0 Å². The molecule has 0 aliphatic rings. The summed E-state index contributed by atoms with van der Waals surface area (Å²) in [4.78, 5) is 15.4. The fourth-order valence-corrected chi connectivity index (χ4v) is 1.12. The van der Waals surface area contributed by atoms with Gasteiger partial charge in [-0.05, 0) is 25.5 Å². The highest BCUT2D eigenvalue weighted by atomic mass is 16.3. The normalized spacial score (nSPS) is 12.1. The summed E-state index contributed by atoms with van der Waals surface area (Å²) in [6.45, 7) is 2.12. The SMILES string of the molecule is CC(O)CCC(=O)NCc1ccccn1. The maximum atomic E-state index is 11.3. The van der Waals surface area contributed by atoms with Crippen molar-refractivity contribution in [1.82, 2.24) is 10.3 Å². The Kier molecular flexibility index (Phi) is 4.77. The number of nitrogens with one attached hydrogen (secondary N) is 1. The Morgan fingerprint density at radius 2 is 2.40 bits per heavy atom. The van der Waals surface area contributed by atoms with Gasteiger partial charge in [-0.1, -0.05) is 6.07 Å². The minimum atomic E-state index is -0.425.